The summed E-state index contributed by atoms with van der Waals surface area (Å²) in [5, 5.41) is 9.35. The first-order valence-electron chi connectivity index (χ1n) is 7.56. The van der Waals surface area contributed by atoms with Crippen molar-refractivity contribution in [2.24, 2.45) is 5.41 Å². The molecule has 2 aromatic rings. The molecule has 0 aliphatic heterocycles. The number of carbonyl (C=O) groups excluding carboxylic acids is 1. The number of allylic oxidation sites excluding steroid dienone is 1. The van der Waals surface area contributed by atoms with Gasteiger partial charge >= 0.3 is 0 Å². The molecular formula is C16H20N4O2S. The van der Waals surface area contributed by atoms with Gasteiger partial charge in [0.05, 0.1) is 12.1 Å². The van der Waals surface area contributed by atoms with Gasteiger partial charge in [-0.1, -0.05) is 38.1 Å². The molecule has 0 unspecified atom stereocenters. The summed E-state index contributed by atoms with van der Waals surface area (Å²) in [4.78, 5) is 20.8. The minimum atomic E-state index is -0.444. The van der Waals surface area contributed by atoms with Crippen LogP contribution >= 0.6 is 11.3 Å². The van der Waals surface area contributed by atoms with Crippen LogP contribution < -0.4 is 5.32 Å². The second-order valence-corrected chi connectivity index (χ2v) is 7.78. The third kappa shape index (κ3) is 3.67. The largest absolute Gasteiger partial charge is 0.339 e. The first-order valence-corrected chi connectivity index (χ1v) is 8.44. The van der Waals surface area contributed by atoms with Gasteiger partial charge in [-0.05, 0) is 12.8 Å². The minimum absolute atomic E-state index is 0.0521. The van der Waals surface area contributed by atoms with Gasteiger partial charge in [0.2, 0.25) is 11.8 Å². The maximum absolute atomic E-state index is 12.0. The van der Waals surface area contributed by atoms with Crippen molar-refractivity contribution >= 4 is 22.4 Å². The fourth-order valence-corrected chi connectivity index (χ4v) is 2.92. The fourth-order valence-electron chi connectivity index (χ4n) is 2.21. The normalized spacial score (nSPS) is 15.5. The zero-order valence-electron chi connectivity index (χ0n) is 13.5. The molecule has 0 saturated heterocycles. The van der Waals surface area contributed by atoms with Crippen LogP contribution in [0.15, 0.2) is 22.1 Å². The van der Waals surface area contributed by atoms with E-state index in [0.717, 1.165) is 24.4 Å². The number of hydrogen-bond donors (Lipinski definition) is 1. The lowest BCUT2D eigenvalue weighted by Gasteiger charge is -2.24. The van der Waals surface area contributed by atoms with Gasteiger partial charge in [-0.15, -0.1) is 11.3 Å². The van der Waals surface area contributed by atoms with E-state index in [-0.39, 0.29) is 5.91 Å². The Kier molecular flexibility index (Phi) is 4.06. The molecule has 1 aliphatic carbocycles. The molecule has 122 valence electrons. The van der Waals surface area contributed by atoms with Gasteiger partial charge in [0.1, 0.15) is 0 Å². The van der Waals surface area contributed by atoms with E-state index in [2.05, 4.69) is 27.0 Å². The van der Waals surface area contributed by atoms with Crippen LogP contribution in [0.2, 0.25) is 0 Å². The van der Waals surface area contributed by atoms with Crippen LogP contribution in [-0.4, -0.2) is 21.0 Å². The summed E-state index contributed by atoms with van der Waals surface area (Å²) in [7, 11) is 0. The molecule has 7 heteroatoms. The number of nitrogens with one attached hydrogen (secondary N) is 1. The lowest BCUT2D eigenvalue weighted by molar-refractivity contribution is -0.123. The molecule has 0 atom stereocenters. The molecular weight excluding hydrogens is 312 g/mol. The smallest absolute Gasteiger partial charge is 0.232 e. The van der Waals surface area contributed by atoms with E-state index >= 15 is 0 Å². The number of rotatable bonds is 4. The van der Waals surface area contributed by atoms with Crippen molar-refractivity contribution in [3.8, 4) is 0 Å². The third-order valence-corrected chi connectivity index (χ3v) is 4.51. The summed E-state index contributed by atoms with van der Waals surface area (Å²) in [6, 6.07) is 0. The molecule has 1 N–H and O–H groups in total. The predicted molar refractivity (Wildman–Crippen MR) is 88.4 cm³/mol. The van der Waals surface area contributed by atoms with Crippen molar-refractivity contribution < 1.29 is 9.32 Å². The fraction of sp³-hybridized carbons (Fsp3) is 0.500. The molecule has 23 heavy (non-hydrogen) atoms. The van der Waals surface area contributed by atoms with Crippen LogP contribution in [0, 0.1) is 5.41 Å². The quantitative estimate of drug-likeness (QED) is 0.866. The lowest BCUT2D eigenvalue weighted by atomic mass is 9.81. The Morgan fingerprint density at radius 3 is 2.83 bits per heavy atom. The van der Waals surface area contributed by atoms with E-state index < -0.39 is 5.41 Å². The van der Waals surface area contributed by atoms with E-state index in [1.807, 2.05) is 26.2 Å². The highest BCUT2D eigenvalue weighted by atomic mass is 32.1. The zero-order chi connectivity index (χ0) is 16.6. The Balaban J connectivity index is 1.61. The summed E-state index contributed by atoms with van der Waals surface area (Å²) in [5.74, 6) is 1.60. The SMILES string of the molecule is C=C1CC(c2noc(Cc3csc(NC(=O)C(C)(C)C)n3)n2)C1. The molecule has 2 heterocycles. The topological polar surface area (TPSA) is 80.9 Å². The van der Waals surface area contributed by atoms with E-state index in [0.29, 0.717) is 23.4 Å². The van der Waals surface area contributed by atoms with Crippen molar-refractivity contribution in [3.05, 3.63) is 34.9 Å². The van der Waals surface area contributed by atoms with Gasteiger partial charge in [-0.3, -0.25) is 4.79 Å². The van der Waals surface area contributed by atoms with Crippen LogP contribution in [0.4, 0.5) is 5.13 Å². The lowest BCUT2D eigenvalue weighted by Crippen LogP contribution is -2.27. The number of nitrogens with zero attached hydrogens (tertiary/aromatic N) is 3. The van der Waals surface area contributed by atoms with Crippen LogP contribution in [-0.2, 0) is 11.2 Å². The van der Waals surface area contributed by atoms with Gasteiger partial charge in [0, 0.05) is 16.7 Å². The second kappa shape index (κ2) is 5.88. The highest BCUT2D eigenvalue weighted by Gasteiger charge is 2.28. The van der Waals surface area contributed by atoms with Crippen molar-refractivity contribution in [1.29, 1.82) is 0 Å². The maximum atomic E-state index is 12.0. The average Bonchev–Trinajstić information content (AvgIpc) is 3.04. The van der Waals surface area contributed by atoms with Gasteiger partial charge in [0.25, 0.3) is 0 Å². The Labute approximate surface area is 139 Å². The minimum Gasteiger partial charge on any atom is -0.339 e. The van der Waals surface area contributed by atoms with E-state index in [1.54, 1.807) is 0 Å². The number of thiazole rings is 1. The molecule has 0 radical (unpaired) electrons. The van der Waals surface area contributed by atoms with Gasteiger partial charge < -0.3 is 9.84 Å². The standard InChI is InChI=1S/C16H20N4O2S/c1-9-5-10(6-9)13-18-12(22-20-13)7-11-8-23-15(17-11)19-14(21)16(2,3)4/h8,10H,1,5-7H2,2-4H3,(H,17,19,21). The summed E-state index contributed by atoms with van der Waals surface area (Å²) < 4.78 is 5.29. The maximum Gasteiger partial charge on any atom is 0.232 e. The molecule has 1 saturated carbocycles. The van der Waals surface area contributed by atoms with E-state index in [4.69, 9.17) is 4.52 Å². The Morgan fingerprint density at radius 2 is 2.17 bits per heavy atom. The van der Waals surface area contributed by atoms with Crippen molar-refractivity contribution in [2.75, 3.05) is 5.32 Å². The summed E-state index contributed by atoms with van der Waals surface area (Å²) >= 11 is 1.40. The average molecular weight is 332 g/mol. The second-order valence-electron chi connectivity index (χ2n) is 6.93. The number of anilines is 1. The molecule has 6 nitrogen and oxygen atoms in total. The Bertz CT molecular complexity index is 733. The van der Waals surface area contributed by atoms with Crippen LogP contribution in [0.5, 0.6) is 0 Å². The van der Waals surface area contributed by atoms with E-state index in [1.165, 1.54) is 16.9 Å². The molecule has 0 bridgehead atoms. The number of aromatic nitrogens is 3. The molecule has 0 aromatic carbocycles. The summed E-state index contributed by atoms with van der Waals surface area (Å²) in [6.07, 6.45) is 2.36. The Morgan fingerprint density at radius 1 is 1.43 bits per heavy atom. The molecule has 3 rings (SSSR count). The number of amides is 1. The van der Waals surface area contributed by atoms with Crippen LogP contribution in [0.25, 0.3) is 0 Å². The van der Waals surface area contributed by atoms with Crippen molar-refractivity contribution in [3.63, 3.8) is 0 Å². The van der Waals surface area contributed by atoms with Gasteiger partial charge in [-0.2, -0.15) is 4.98 Å². The highest BCUT2D eigenvalue weighted by Crippen LogP contribution is 2.38. The first kappa shape index (κ1) is 15.9. The molecule has 2 aromatic heterocycles. The van der Waals surface area contributed by atoms with Crippen molar-refractivity contribution in [1.82, 2.24) is 15.1 Å². The molecule has 1 aliphatic rings. The highest BCUT2D eigenvalue weighted by molar-refractivity contribution is 7.13. The summed E-state index contributed by atoms with van der Waals surface area (Å²) in [6.45, 7) is 9.53. The molecule has 0 spiro atoms. The van der Waals surface area contributed by atoms with Crippen LogP contribution in [0.1, 0.15) is 56.9 Å². The van der Waals surface area contributed by atoms with Gasteiger partial charge in [0.15, 0.2) is 11.0 Å². The number of hydrogen-bond acceptors (Lipinski definition) is 6. The molecule has 1 amide bonds. The van der Waals surface area contributed by atoms with Gasteiger partial charge in [-0.25, -0.2) is 4.98 Å². The summed E-state index contributed by atoms with van der Waals surface area (Å²) in [5.41, 5.74) is 1.60. The molecule has 1 fully saturated rings. The van der Waals surface area contributed by atoms with Crippen molar-refractivity contribution in [2.45, 2.75) is 46.0 Å². The van der Waals surface area contributed by atoms with Crippen LogP contribution in [0.3, 0.4) is 0 Å². The monoisotopic (exact) mass is 332 g/mol. The predicted octanol–water partition coefficient (Wildman–Crippen LogP) is 3.54. The Hall–Kier alpha value is -2.02. The van der Waals surface area contributed by atoms with E-state index in [9.17, 15) is 4.79 Å². The third-order valence-electron chi connectivity index (χ3n) is 3.70. The zero-order valence-corrected chi connectivity index (χ0v) is 14.4. The first-order chi connectivity index (χ1) is 10.8. The number of carbonyl (C=O) groups is 1.